The van der Waals surface area contributed by atoms with Gasteiger partial charge in [0.15, 0.2) is 0 Å². The van der Waals surface area contributed by atoms with Gasteiger partial charge in [-0.05, 0) is 25.8 Å². The van der Waals surface area contributed by atoms with Crippen LogP contribution in [0.2, 0.25) is 0 Å². The Hall–Kier alpha value is -2.08. The van der Waals surface area contributed by atoms with Crippen LogP contribution < -0.4 is 5.32 Å². The maximum Gasteiger partial charge on any atom is 0.254 e. The smallest absolute Gasteiger partial charge is 0.254 e. The van der Waals surface area contributed by atoms with Gasteiger partial charge >= 0.3 is 0 Å². The van der Waals surface area contributed by atoms with Gasteiger partial charge in [-0.3, -0.25) is 9.69 Å². The van der Waals surface area contributed by atoms with Crippen LogP contribution >= 0.6 is 0 Å². The van der Waals surface area contributed by atoms with Crippen molar-refractivity contribution in [2.24, 2.45) is 0 Å². The molecule has 1 fully saturated rings. The van der Waals surface area contributed by atoms with Crippen LogP contribution in [0, 0.1) is 0 Å². The highest BCUT2D eigenvalue weighted by Gasteiger charge is 2.28. The quantitative estimate of drug-likeness (QED) is 0.918. The number of hydrogen-bond acceptors (Lipinski definition) is 5. The molecule has 6 heteroatoms. The lowest BCUT2D eigenvalue weighted by Gasteiger charge is -2.35. The summed E-state index contributed by atoms with van der Waals surface area (Å²) < 4.78 is 10.9. The second-order valence-electron chi connectivity index (χ2n) is 7.78. The summed E-state index contributed by atoms with van der Waals surface area (Å²) in [6, 6.07) is 2.02. The summed E-state index contributed by atoms with van der Waals surface area (Å²) >= 11 is 0. The van der Waals surface area contributed by atoms with Gasteiger partial charge in [-0.1, -0.05) is 20.8 Å². The Labute approximate surface area is 148 Å². The molecule has 0 aliphatic carbocycles. The number of hydrogen-bond donors (Lipinski definition) is 1. The summed E-state index contributed by atoms with van der Waals surface area (Å²) in [6.45, 7) is 10.3. The third kappa shape index (κ3) is 4.12. The van der Waals surface area contributed by atoms with Crippen LogP contribution in [0.1, 0.15) is 68.6 Å². The van der Waals surface area contributed by atoms with E-state index in [2.05, 4.69) is 42.9 Å². The topological polar surface area (TPSA) is 71.5 Å². The molecule has 136 valence electrons. The van der Waals surface area contributed by atoms with E-state index in [1.165, 1.54) is 12.5 Å². The first-order chi connectivity index (χ1) is 11.8. The zero-order valence-corrected chi connectivity index (χ0v) is 15.4. The van der Waals surface area contributed by atoms with Crippen LogP contribution in [0.3, 0.4) is 0 Å². The molecule has 0 radical (unpaired) electrons. The Balaban J connectivity index is 1.53. The van der Waals surface area contributed by atoms with Crippen molar-refractivity contribution in [1.82, 2.24) is 15.2 Å². The van der Waals surface area contributed by atoms with Gasteiger partial charge in [0.05, 0.1) is 24.1 Å². The van der Waals surface area contributed by atoms with E-state index in [0.29, 0.717) is 5.56 Å². The molecule has 0 bridgehead atoms. The molecular formula is C19H27N3O3. The summed E-state index contributed by atoms with van der Waals surface area (Å²) in [6.07, 6.45) is 6.66. The van der Waals surface area contributed by atoms with Crippen molar-refractivity contribution in [3.63, 3.8) is 0 Å². The first-order valence-electron chi connectivity index (χ1n) is 8.88. The normalized spacial score (nSPS) is 18.2. The lowest BCUT2D eigenvalue weighted by Crippen LogP contribution is -2.45. The van der Waals surface area contributed by atoms with Gasteiger partial charge in [0.1, 0.15) is 12.0 Å². The summed E-state index contributed by atoms with van der Waals surface area (Å²) in [5.41, 5.74) is 0.542. The molecular weight excluding hydrogens is 318 g/mol. The average Bonchev–Trinajstić information content (AvgIpc) is 3.26. The van der Waals surface area contributed by atoms with Gasteiger partial charge in [-0.2, -0.15) is 0 Å². The van der Waals surface area contributed by atoms with Crippen molar-refractivity contribution in [3.05, 3.63) is 42.0 Å². The summed E-state index contributed by atoms with van der Waals surface area (Å²) in [5.74, 6) is 1.62. The number of carbonyl (C=O) groups is 1. The Morgan fingerprint density at radius 2 is 2.08 bits per heavy atom. The van der Waals surface area contributed by atoms with E-state index in [0.717, 1.165) is 37.6 Å². The van der Waals surface area contributed by atoms with Crippen LogP contribution in [0.4, 0.5) is 0 Å². The zero-order valence-electron chi connectivity index (χ0n) is 15.4. The highest BCUT2D eigenvalue weighted by molar-refractivity contribution is 5.93. The zero-order chi connectivity index (χ0) is 18.0. The van der Waals surface area contributed by atoms with Gasteiger partial charge < -0.3 is 14.2 Å². The van der Waals surface area contributed by atoms with E-state index < -0.39 is 0 Å². The predicted octanol–water partition coefficient (Wildman–Crippen LogP) is 3.52. The van der Waals surface area contributed by atoms with E-state index in [-0.39, 0.29) is 23.4 Å². The maximum absolute atomic E-state index is 12.1. The number of nitrogens with zero attached hydrogens (tertiary/aromatic N) is 2. The lowest BCUT2D eigenvalue weighted by molar-refractivity contribution is 0.0883. The fourth-order valence-electron chi connectivity index (χ4n) is 3.08. The molecule has 1 aliphatic rings. The number of likely N-dealkylation sites (tertiary alicyclic amines) is 1. The minimum Gasteiger partial charge on any atom is -0.472 e. The molecule has 1 aliphatic heterocycles. The van der Waals surface area contributed by atoms with Crippen molar-refractivity contribution in [3.8, 4) is 0 Å². The first-order valence-corrected chi connectivity index (χ1v) is 8.88. The number of amides is 1. The molecule has 3 heterocycles. The number of piperidine rings is 1. The van der Waals surface area contributed by atoms with Crippen molar-refractivity contribution in [2.45, 2.75) is 58.0 Å². The maximum atomic E-state index is 12.1. The van der Waals surface area contributed by atoms with Gasteiger partial charge in [-0.25, -0.2) is 4.98 Å². The Bertz CT molecular complexity index is 692. The second kappa shape index (κ2) is 7.04. The Morgan fingerprint density at radius 1 is 1.36 bits per heavy atom. The monoisotopic (exact) mass is 345 g/mol. The van der Waals surface area contributed by atoms with Crippen molar-refractivity contribution >= 4 is 5.91 Å². The van der Waals surface area contributed by atoms with Gasteiger partial charge in [0.2, 0.25) is 5.89 Å². The van der Waals surface area contributed by atoms with Crippen molar-refractivity contribution in [1.29, 1.82) is 0 Å². The van der Waals surface area contributed by atoms with E-state index in [9.17, 15) is 4.79 Å². The average molecular weight is 345 g/mol. The molecule has 2 aromatic heterocycles. The number of rotatable bonds is 4. The molecule has 2 aromatic rings. The van der Waals surface area contributed by atoms with Crippen molar-refractivity contribution in [2.75, 3.05) is 13.1 Å². The van der Waals surface area contributed by atoms with E-state index in [4.69, 9.17) is 8.83 Å². The number of aromatic nitrogens is 1. The molecule has 1 unspecified atom stereocenters. The molecule has 3 rings (SSSR count). The molecule has 0 saturated carbocycles. The van der Waals surface area contributed by atoms with E-state index >= 15 is 0 Å². The van der Waals surface area contributed by atoms with Crippen LogP contribution in [0.5, 0.6) is 0 Å². The third-order valence-electron chi connectivity index (χ3n) is 4.82. The molecule has 25 heavy (non-hydrogen) atoms. The summed E-state index contributed by atoms with van der Waals surface area (Å²) in [4.78, 5) is 18.9. The first kappa shape index (κ1) is 17.7. The Kier molecular flexibility index (Phi) is 4.99. The largest absolute Gasteiger partial charge is 0.472 e. The minimum atomic E-state index is -0.0669. The molecule has 0 aromatic carbocycles. The van der Waals surface area contributed by atoms with Crippen LogP contribution in [0.15, 0.2) is 33.6 Å². The lowest BCUT2D eigenvalue weighted by atomic mass is 9.94. The van der Waals surface area contributed by atoms with Crippen LogP contribution in [0.25, 0.3) is 0 Å². The highest BCUT2D eigenvalue weighted by atomic mass is 16.4. The van der Waals surface area contributed by atoms with Gasteiger partial charge in [0, 0.05) is 24.5 Å². The molecule has 6 nitrogen and oxygen atoms in total. The fourth-order valence-corrected chi connectivity index (χ4v) is 3.08. The fraction of sp³-hybridized carbons (Fsp3) is 0.579. The van der Waals surface area contributed by atoms with Crippen LogP contribution in [-0.2, 0) is 5.41 Å². The summed E-state index contributed by atoms with van der Waals surface area (Å²) in [5, 5.41) is 3.08. The van der Waals surface area contributed by atoms with E-state index in [1.54, 1.807) is 6.07 Å². The standard InChI is InChI=1S/C19H27N3O3/c1-13(18-20-11-16(25-18)19(2,3)4)22-8-5-15(6-9-22)21-17(23)14-7-10-24-12-14/h7,10-13,15H,5-6,8-9H2,1-4H3,(H,21,23). The number of oxazole rings is 1. The minimum absolute atomic E-state index is 0.0324. The SMILES string of the molecule is CC(c1ncc(C(C)(C)C)o1)N1CCC(NC(=O)c2ccoc2)CC1. The predicted molar refractivity (Wildman–Crippen MR) is 94.4 cm³/mol. The summed E-state index contributed by atoms with van der Waals surface area (Å²) in [7, 11) is 0. The molecule has 1 saturated heterocycles. The van der Waals surface area contributed by atoms with Crippen LogP contribution in [-0.4, -0.2) is 34.9 Å². The van der Waals surface area contributed by atoms with Crippen molar-refractivity contribution < 1.29 is 13.6 Å². The molecule has 1 N–H and O–H groups in total. The molecule has 1 atom stereocenters. The van der Waals surface area contributed by atoms with Gasteiger partial charge in [-0.15, -0.1) is 0 Å². The molecule has 1 amide bonds. The third-order valence-corrected chi connectivity index (χ3v) is 4.82. The molecule has 0 spiro atoms. The van der Waals surface area contributed by atoms with Gasteiger partial charge in [0.25, 0.3) is 5.91 Å². The second-order valence-corrected chi connectivity index (χ2v) is 7.78. The van der Waals surface area contributed by atoms with E-state index in [1.807, 2.05) is 6.20 Å². The Morgan fingerprint density at radius 3 is 2.64 bits per heavy atom. The number of nitrogens with one attached hydrogen (secondary N) is 1. The number of furan rings is 1. The number of carbonyl (C=O) groups excluding carboxylic acids is 1. The highest BCUT2D eigenvalue weighted by Crippen LogP contribution is 2.28.